The molecule has 1 amide bonds. The lowest BCUT2D eigenvalue weighted by molar-refractivity contribution is -0.149. The van der Waals surface area contributed by atoms with Crippen molar-refractivity contribution in [3.8, 4) is 5.69 Å². The van der Waals surface area contributed by atoms with Gasteiger partial charge in [0.15, 0.2) is 5.69 Å². The van der Waals surface area contributed by atoms with Crippen molar-refractivity contribution in [2.45, 2.75) is 19.3 Å². The molecule has 0 spiro atoms. The number of carbonyl (C=O) groups excluding carboxylic acids is 1. The third kappa shape index (κ3) is 2.68. The van der Waals surface area contributed by atoms with Gasteiger partial charge in [0.2, 0.25) is 0 Å². The predicted octanol–water partition coefficient (Wildman–Crippen LogP) is 3.51. The van der Waals surface area contributed by atoms with E-state index in [-0.39, 0.29) is 24.1 Å². The molecular weight excluding hydrogens is 377 g/mol. The lowest BCUT2D eigenvalue weighted by atomic mass is 9.81. The molecule has 2 atom stereocenters. The first-order chi connectivity index (χ1) is 12.4. The Morgan fingerprint density at radius 1 is 1.27 bits per heavy atom. The molecule has 1 N–H and O–H groups in total. The molecule has 2 fully saturated rings. The molecule has 1 aromatic heterocycles. The molecule has 26 heavy (non-hydrogen) atoms. The molecule has 1 aliphatic heterocycles. The SMILES string of the molecule is O=C(c1ccn(-c2ccc(Cl)cc2Cl)n1)N1C[C@@H]2CCC[C@@]2(C(=O)O)C1. The summed E-state index contributed by atoms with van der Waals surface area (Å²) >= 11 is 12.1. The molecule has 0 unspecified atom stereocenters. The molecule has 136 valence electrons. The number of halogens is 2. The molecule has 0 bridgehead atoms. The molecule has 0 radical (unpaired) electrons. The Morgan fingerprint density at radius 3 is 2.77 bits per heavy atom. The number of carboxylic acids is 1. The van der Waals surface area contributed by atoms with Crippen LogP contribution >= 0.6 is 23.2 Å². The van der Waals surface area contributed by atoms with Crippen LogP contribution in [-0.2, 0) is 4.79 Å². The van der Waals surface area contributed by atoms with Gasteiger partial charge in [-0.1, -0.05) is 29.6 Å². The third-order valence-corrected chi connectivity index (χ3v) is 6.09. The van der Waals surface area contributed by atoms with Crippen LogP contribution in [0.3, 0.4) is 0 Å². The van der Waals surface area contributed by atoms with Crippen molar-refractivity contribution < 1.29 is 14.7 Å². The Hall–Kier alpha value is -2.05. The second kappa shape index (κ2) is 6.28. The van der Waals surface area contributed by atoms with Gasteiger partial charge < -0.3 is 10.0 Å². The van der Waals surface area contributed by atoms with Crippen LogP contribution in [0.4, 0.5) is 0 Å². The number of hydrogen-bond acceptors (Lipinski definition) is 3. The van der Waals surface area contributed by atoms with E-state index in [1.807, 2.05) is 0 Å². The molecule has 1 aromatic carbocycles. The highest BCUT2D eigenvalue weighted by Gasteiger charge is 2.56. The molecule has 1 saturated heterocycles. The van der Waals surface area contributed by atoms with Gasteiger partial charge in [0, 0.05) is 24.3 Å². The molecule has 1 saturated carbocycles. The van der Waals surface area contributed by atoms with Gasteiger partial charge in [-0.3, -0.25) is 9.59 Å². The molecular formula is C18H17Cl2N3O3. The topological polar surface area (TPSA) is 75.4 Å². The molecule has 8 heteroatoms. The highest BCUT2D eigenvalue weighted by Crippen LogP contribution is 2.49. The zero-order valence-electron chi connectivity index (χ0n) is 13.9. The van der Waals surface area contributed by atoms with Gasteiger partial charge in [-0.15, -0.1) is 0 Å². The van der Waals surface area contributed by atoms with Crippen molar-refractivity contribution in [2.75, 3.05) is 13.1 Å². The summed E-state index contributed by atoms with van der Waals surface area (Å²) in [6, 6.07) is 6.66. The van der Waals surface area contributed by atoms with Crippen LogP contribution in [0, 0.1) is 11.3 Å². The highest BCUT2D eigenvalue weighted by atomic mass is 35.5. The minimum absolute atomic E-state index is 0.0248. The van der Waals surface area contributed by atoms with E-state index in [9.17, 15) is 14.7 Å². The second-order valence-corrected chi connectivity index (χ2v) is 7.82. The van der Waals surface area contributed by atoms with Crippen LogP contribution in [-0.4, -0.2) is 44.8 Å². The number of likely N-dealkylation sites (tertiary alicyclic amines) is 1. The van der Waals surface area contributed by atoms with Crippen LogP contribution in [0.1, 0.15) is 29.8 Å². The van der Waals surface area contributed by atoms with Crippen molar-refractivity contribution in [3.05, 3.63) is 46.2 Å². The van der Waals surface area contributed by atoms with Gasteiger partial charge in [-0.05, 0) is 43.0 Å². The van der Waals surface area contributed by atoms with Gasteiger partial charge >= 0.3 is 5.97 Å². The van der Waals surface area contributed by atoms with E-state index in [4.69, 9.17) is 23.2 Å². The Balaban J connectivity index is 1.57. The van der Waals surface area contributed by atoms with Crippen LogP contribution in [0.5, 0.6) is 0 Å². The van der Waals surface area contributed by atoms with Gasteiger partial charge in [0.05, 0.1) is 16.1 Å². The molecule has 2 heterocycles. The van der Waals surface area contributed by atoms with Crippen molar-refractivity contribution in [1.82, 2.24) is 14.7 Å². The average molecular weight is 394 g/mol. The standard InChI is InChI=1S/C18H17Cl2N3O3/c19-12-3-4-15(13(20)8-12)23-7-5-14(21-23)16(24)22-9-11-2-1-6-18(11,10-22)17(25)26/h3-5,7-8,11H,1-2,6,9-10H2,(H,25,26)/t11-,18+/m0/s1. The fraction of sp³-hybridized carbons (Fsp3) is 0.389. The fourth-order valence-corrected chi connectivity index (χ4v) is 4.69. The zero-order chi connectivity index (χ0) is 18.5. The number of carbonyl (C=O) groups is 2. The van der Waals surface area contributed by atoms with E-state index in [1.165, 1.54) is 4.68 Å². The summed E-state index contributed by atoms with van der Waals surface area (Å²) in [5.74, 6) is -1.02. The number of fused-ring (bicyclic) bond motifs is 1. The van der Waals surface area contributed by atoms with Crippen molar-refractivity contribution >= 4 is 35.1 Å². The van der Waals surface area contributed by atoms with E-state index in [0.29, 0.717) is 28.7 Å². The Kier molecular flexibility index (Phi) is 4.20. The number of aromatic nitrogens is 2. The van der Waals surface area contributed by atoms with Crippen LogP contribution in [0.2, 0.25) is 10.0 Å². The minimum atomic E-state index is -0.797. The van der Waals surface area contributed by atoms with E-state index >= 15 is 0 Å². The molecule has 2 aromatic rings. The number of carboxylic acid groups (broad SMARTS) is 1. The molecule has 4 rings (SSSR count). The largest absolute Gasteiger partial charge is 0.481 e. The van der Waals surface area contributed by atoms with Crippen LogP contribution < -0.4 is 0 Å². The predicted molar refractivity (Wildman–Crippen MR) is 96.9 cm³/mol. The Bertz CT molecular complexity index is 898. The maximum atomic E-state index is 12.8. The summed E-state index contributed by atoms with van der Waals surface area (Å²) in [7, 11) is 0. The summed E-state index contributed by atoms with van der Waals surface area (Å²) in [5.41, 5.74) is 0.101. The van der Waals surface area contributed by atoms with Gasteiger partial charge in [0.25, 0.3) is 5.91 Å². The number of amides is 1. The molecule has 1 aliphatic carbocycles. The lowest BCUT2D eigenvalue weighted by Gasteiger charge is -2.23. The smallest absolute Gasteiger partial charge is 0.311 e. The van der Waals surface area contributed by atoms with Crippen molar-refractivity contribution in [2.24, 2.45) is 11.3 Å². The van der Waals surface area contributed by atoms with Crippen LogP contribution in [0.25, 0.3) is 5.69 Å². The second-order valence-electron chi connectivity index (χ2n) is 6.98. The quantitative estimate of drug-likeness (QED) is 0.865. The van der Waals surface area contributed by atoms with E-state index < -0.39 is 11.4 Å². The summed E-state index contributed by atoms with van der Waals surface area (Å²) in [5, 5.41) is 14.9. The van der Waals surface area contributed by atoms with Crippen LogP contribution in [0.15, 0.2) is 30.5 Å². The first kappa shape index (κ1) is 17.4. The Labute approximate surface area is 160 Å². The van der Waals surface area contributed by atoms with E-state index in [0.717, 1.165) is 12.8 Å². The summed E-state index contributed by atoms with van der Waals surface area (Å²) in [6.07, 6.45) is 4.05. The third-order valence-electron chi connectivity index (χ3n) is 5.55. The van der Waals surface area contributed by atoms with Gasteiger partial charge in [-0.25, -0.2) is 4.68 Å². The monoisotopic (exact) mass is 393 g/mol. The summed E-state index contributed by atoms with van der Waals surface area (Å²) in [4.78, 5) is 26.2. The zero-order valence-corrected chi connectivity index (χ0v) is 15.4. The minimum Gasteiger partial charge on any atom is -0.481 e. The fourth-order valence-electron chi connectivity index (χ4n) is 4.19. The first-order valence-corrected chi connectivity index (χ1v) is 9.20. The normalized spacial score (nSPS) is 24.7. The molecule has 2 aliphatic rings. The summed E-state index contributed by atoms with van der Waals surface area (Å²) < 4.78 is 1.52. The van der Waals surface area contributed by atoms with Gasteiger partial charge in [0.1, 0.15) is 0 Å². The van der Waals surface area contributed by atoms with E-state index in [1.54, 1.807) is 35.4 Å². The van der Waals surface area contributed by atoms with Crippen molar-refractivity contribution in [1.29, 1.82) is 0 Å². The lowest BCUT2D eigenvalue weighted by Crippen LogP contribution is -2.37. The Morgan fingerprint density at radius 2 is 2.08 bits per heavy atom. The van der Waals surface area contributed by atoms with E-state index in [2.05, 4.69) is 5.10 Å². The number of nitrogens with zero attached hydrogens (tertiary/aromatic N) is 3. The van der Waals surface area contributed by atoms with Gasteiger partial charge in [-0.2, -0.15) is 5.10 Å². The first-order valence-electron chi connectivity index (χ1n) is 8.44. The maximum absolute atomic E-state index is 12.8. The average Bonchev–Trinajstić information content (AvgIpc) is 3.28. The van der Waals surface area contributed by atoms with Crippen molar-refractivity contribution in [3.63, 3.8) is 0 Å². The number of benzene rings is 1. The number of rotatable bonds is 3. The molecule has 6 nitrogen and oxygen atoms in total. The maximum Gasteiger partial charge on any atom is 0.311 e. The number of hydrogen-bond donors (Lipinski definition) is 1. The summed E-state index contributed by atoms with van der Waals surface area (Å²) in [6.45, 7) is 0.722. The number of aliphatic carboxylic acids is 1. The highest BCUT2D eigenvalue weighted by molar-refractivity contribution is 6.35.